The predicted octanol–water partition coefficient (Wildman–Crippen LogP) is 5.80. The van der Waals surface area contributed by atoms with Gasteiger partial charge in [0.2, 0.25) is 0 Å². The fourth-order valence-corrected chi connectivity index (χ4v) is 4.03. The number of rotatable bonds is 10. The molecule has 0 radical (unpaired) electrons. The van der Waals surface area contributed by atoms with Crippen molar-refractivity contribution in [2.24, 2.45) is 5.11 Å². The van der Waals surface area contributed by atoms with Gasteiger partial charge in [0.25, 0.3) is 0 Å². The van der Waals surface area contributed by atoms with Gasteiger partial charge in [0.1, 0.15) is 18.3 Å². The first-order chi connectivity index (χ1) is 16.7. The Morgan fingerprint density at radius 3 is 1.53 bits per heavy atom. The zero-order chi connectivity index (χ0) is 23.6. The SMILES string of the molecule is C[C@@H]1O[C@@H](N=[N+]=[N-])[C@@H](OCc2ccccc2)[C@H](OCc2ccccc2)[C@@H]1OCc1ccccc1. The van der Waals surface area contributed by atoms with E-state index in [1.807, 2.05) is 97.9 Å². The van der Waals surface area contributed by atoms with E-state index in [2.05, 4.69) is 10.0 Å². The molecule has 0 saturated carbocycles. The monoisotopic (exact) mass is 459 g/mol. The molecule has 1 heterocycles. The van der Waals surface area contributed by atoms with E-state index < -0.39 is 24.5 Å². The fourth-order valence-electron chi connectivity index (χ4n) is 4.03. The van der Waals surface area contributed by atoms with Crippen molar-refractivity contribution in [3.8, 4) is 0 Å². The summed E-state index contributed by atoms with van der Waals surface area (Å²) in [5.41, 5.74) is 12.3. The first-order valence-corrected chi connectivity index (χ1v) is 11.4. The minimum absolute atomic E-state index is 0.331. The van der Waals surface area contributed by atoms with Crippen LogP contribution in [0.15, 0.2) is 96.1 Å². The standard InChI is InChI=1S/C27H29N3O4/c1-20-24(31-17-21-11-5-2-6-12-21)25(32-18-22-13-7-3-8-14-22)26(27(34-20)29-30-28)33-19-23-15-9-4-10-16-23/h2-16,20,24-27H,17-19H2,1H3/t20-,24+,25+,26-,27+/m0/s1. The zero-order valence-corrected chi connectivity index (χ0v) is 19.1. The molecule has 0 aromatic heterocycles. The Labute approximate surface area is 199 Å². The molecule has 3 aromatic carbocycles. The second kappa shape index (κ2) is 12.3. The topological polar surface area (TPSA) is 85.7 Å². The summed E-state index contributed by atoms with van der Waals surface area (Å²) >= 11 is 0. The van der Waals surface area contributed by atoms with E-state index in [1.54, 1.807) is 0 Å². The molecule has 1 fully saturated rings. The Kier molecular flexibility index (Phi) is 8.68. The first-order valence-electron chi connectivity index (χ1n) is 11.4. The Bertz CT molecular complexity index is 1050. The number of hydrogen-bond donors (Lipinski definition) is 0. The normalized spacial score (nSPS) is 24.3. The van der Waals surface area contributed by atoms with Crippen LogP contribution in [0.3, 0.4) is 0 Å². The van der Waals surface area contributed by atoms with E-state index in [1.165, 1.54) is 0 Å². The van der Waals surface area contributed by atoms with E-state index in [-0.39, 0.29) is 6.10 Å². The lowest BCUT2D eigenvalue weighted by Gasteiger charge is -2.44. The lowest BCUT2D eigenvalue weighted by atomic mass is 9.98. The Hall–Kier alpha value is -3.19. The first kappa shape index (κ1) is 24.0. The third kappa shape index (κ3) is 6.44. The van der Waals surface area contributed by atoms with E-state index in [0.29, 0.717) is 19.8 Å². The van der Waals surface area contributed by atoms with Crippen molar-refractivity contribution in [1.82, 2.24) is 0 Å². The van der Waals surface area contributed by atoms with Crippen LogP contribution in [0.4, 0.5) is 0 Å². The highest BCUT2D eigenvalue weighted by molar-refractivity contribution is 5.15. The molecule has 7 nitrogen and oxygen atoms in total. The van der Waals surface area contributed by atoms with Crippen molar-refractivity contribution in [3.05, 3.63) is 118 Å². The second-order valence-corrected chi connectivity index (χ2v) is 8.22. The van der Waals surface area contributed by atoms with Crippen molar-refractivity contribution in [2.45, 2.75) is 57.4 Å². The minimum Gasteiger partial charge on any atom is -0.368 e. The highest BCUT2D eigenvalue weighted by Crippen LogP contribution is 2.31. The second-order valence-electron chi connectivity index (χ2n) is 8.22. The van der Waals surface area contributed by atoms with Gasteiger partial charge in [0.15, 0.2) is 6.23 Å². The van der Waals surface area contributed by atoms with Gasteiger partial charge in [-0.1, -0.05) is 96.1 Å². The van der Waals surface area contributed by atoms with E-state index in [0.717, 1.165) is 16.7 Å². The maximum absolute atomic E-state index is 9.17. The molecule has 7 heteroatoms. The van der Waals surface area contributed by atoms with E-state index >= 15 is 0 Å². The van der Waals surface area contributed by atoms with Gasteiger partial charge in [0, 0.05) is 4.91 Å². The highest BCUT2D eigenvalue weighted by Gasteiger charge is 2.46. The third-order valence-corrected chi connectivity index (χ3v) is 5.77. The molecule has 1 saturated heterocycles. The summed E-state index contributed by atoms with van der Waals surface area (Å²) in [5.74, 6) is 0. The van der Waals surface area contributed by atoms with Crippen molar-refractivity contribution in [3.63, 3.8) is 0 Å². The molecule has 1 aliphatic rings. The average Bonchev–Trinajstić information content (AvgIpc) is 2.88. The van der Waals surface area contributed by atoms with Crippen molar-refractivity contribution in [2.75, 3.05) is 0 Å². The predicted molar refractivity (Wildman–Crippen MR) is 129 cm³/mol. The van der Waals surface area contributed by atoms with Gasteiger partial charge in [-0.05, 0) is 29.1 Å². The van der Waals surface area contributed by atoms with Crippen molar-refractivity contribution in [1.29, 1.82) is 0 Å². The zero-order valence-electron chi connectivity index (χ0n) is 19.1. The molecule has 0 bridgehead atoms. The average molecular weight is 460 g/mol. The van der Waals surface area contributed by atoms with Crippen LogP contribution in [0.1, 0.15) is 23.6 Å². The van der Waals surface area contributed by atoms with Crippen LogP contribution in [0, 0.1) is 0 Å². The van der Waals surface area contributed by atoms with E-state index in [9.17, 15) is 5.53 Å². The van der Waals surface area contributed by atoms with Crippen molar-refractivity contribution >= 4 is 0 Å². The van der Waals surface area contributed by atoms with Gasteiger partial charge in [-0.15, -0.1) is 0 Å². The van der Waals surface area contributed by atoms with Gasteiger partial charge in [0.05, 0.1) is 25.9 Å². The number of hydrogen-bond acceptors (Lipinski definition) is 5. The summed E-state index contributed by atoms with van der Waals surface area (Å²) in [6, 6.07) is 29.7. The highest BCUT2D eigenvalue weighted by atomic mass is 16.6. The molecule has 34 heavy (non-hydrogen) atoms. The Morgan fingerprint density at radius 2 is 1.09 bits per heavy atom. The van der Waals surface area contributed by atoms with Gasteiger partial charge in [-0.3, -0.25) is 0 Å². The molecular weight excluding hydrogens is 430 g/mol. The summed E-state index contributed by atoms with van der Waals surface area (Å²) < 4.78 is 25.1. The van der Waals surface area contributed by atoms with Gasteiger partial charge >= 0.3 is 0 Å². The lowest BCUT2D eigenvalue weighted by molar-refractivity contribution is -0.259. The summed E-state index contributed by atoms with van der Waals surface area (Å²) in [6.07, 6.45) is -2.77. The van der Waals surface area contributed by atoms with Gasteiger partial charge in [-0.25, -0.2) is 0 Å². The van der Waals surface area contributed by atoms with E-state index in [4.69, 9.17) is 18.9 Å². The van der Waals surface area contributed by atoms with Crippen LogP contribution in [-0.2, 0) is 38.8 Å². The van der Waals surface area contributed by atoms with Crippen molar-refractivity contribution < 1.29 is 18.9 Å². The number of azide groups is 1. The molecule has 176 valence electrons. The summed E-state index contributed by atoms with van der Waals surface area (Å²) in [7, 11) is 0. The van der Waals surface area contributed by atoms with Crippen LogP contribution in [0.5, 0.6) is 0 Å². The lowest BCUT2D eigenvalue weighted by Crippen LogP contribution is -2.58. The molecule has 1 aliphatic heterocycles. The molecule has 5 atom stereocenters. The molecule has 3 aromatic rings. The fraction of sp³-hybridized carbons (Fsp3) is 0.333. The third-order valence-electron chi connectivity index (χ3n) is 5.77. The molecule has 0 amide bonds. The van der Waals surface area contributed by atoms with Crippen LogP contribution in [-0.4, -0.2) is 30.6 Å². The molecule has 0 spiro atoms. The molecule has 4 rings (SSSR count). The quantitative estimate of drug-likeness (QED) is 0.218. The van der Waals surface area contributed by atoms with Crippen LogP contribution in [0.2, 0.25) is 0 Å². The summed E-state index contributed by atoms with van der Waals surface area (Å²) in [6.45, 7) is 3.01. The number of nitrogens with zero attached hydrogens (tertiary/aromatic N) is 3. The maximum Gasteiger partial charge on any atom is 0.165 e. The number of ether oxygens (including phenoxy) is 4. The van der Waals surface area contributed by atoms with Crippen LogP contribution >= 0.6 is 0 Å². The molecule has 0 aliphatic carbocycles. The van der Waals surface area contributed by atoms with Crippen LogP contribution < -0.4 is 0 Å². The van der Waals surface area contributed by atoms with Gasteiger partial charge in [-0.2, -0.15) is 0 Å². The Balaban J connectivity index is 1.57. The maximum atomic E-state index is 9.17. The molecule has 0 unspecified atom stereocenters. The minimum atomic E-state index is -0.832. The summed E-state index contributed by atoms with van der Waals surface area (Å²) in [4.78, 5) is 2.99. The van der Waals surface area contributed by atoms with Gasteiger partial charge < -0.3 is 18.9 Å². The number of benzene rings is 3. The smallest absolute Gasteiger partial charge is 0.165 e. The molecular formula is C27H29N3O4. The Morgan fingerprint density at radius 1 is 0.676 bits per heavy atom. The van der Waals surface area contributed by atoms with Crippen LogP contribution in [0.25, 0.3) is 10.4 Å². The summed E-state index contributed by atoms with van der Waals surface area (Å²) in [5, 5.41) is 3.88. The molecule has 0 N–H and O–H groups in total. The largest absolute Gasteiger partial charge is 0.368 e.